The molecule has 4 aromatic rings. The minimum Gasteiger partial charge on any atom is -0.267 e. The molecule has 0 aliphatic heterocycles. The van der Waals surface area contributed by atoms with Crippen LogP contribution in [0.4, 0.5) is 22.0 Å². The van der Waals surface area contributed by atoms with Gasteiger partial charge < -0.3 is 0 Å². The van der Waals surface area contributed by atoms with Gasteiger partial charge in [0.15, 0.2) is 0 Å². The quantitative estimate of drug-likeness (QED) is 0.236. The largest absolute Gasteiger partial charge is 0.280 e. The van der Waals surface area contributed by atoms with Gasteiger partial charge in [0.25, 0.3) is 18.4 Å². The van der Waals surface area contributed by atoms with Crippen LogP contribution >= 0.6 is 0 Å². The molecule has 0 amide bonds. The highest BCUT2D eigenvalue weighted by atomic mass is 19.3. The smallest absolute Gasteiger partial charge is 0.267 e. The third-order valence-electron chi connectivity index (χ3n) is 6.95. The lowest BCUT2D eigenvalue weighted by molar-refractivity contribution is 0.141. The second-order valence-corrected chi connectivity index (χ2v) is 9.79. The number of benzene rings is 1. The van der Waals surface area contributed by atoms with Crippen LogP contribution < -0.4 is 5.56 Å². The van der Waals surface area contributed by atoms with Crippen molar-refractivity contribution in [2.75, 3.05) is 0 Å². The molecular weight excluding hydrogens is 529 g/mol. The van der Waals surface area contributed by atoms with E-state index >= 15 is 0 Å². The van der Waals surface area contributed by atoms with Crippen LogP contribution in [0.1, 0.15) is 79.0 Å². The molecule has 3 aromatic heterocycles. The first-order chi connectivity index (χ1) is 19.2. The van der Waals surface area contributed by atoms with Crippen molar-refractivity contribution in [1.29, 1.82) is 0 Å². The molecule has 0 saturated heterocycles. The Morgan fingerprint density at radius 1 is 1.00 bits per heavy atom. The Hall–Kier alpha value is -3.89. The van der Waals surface area contributed by atoms with Crippen molar-refractivity contribution in [3.63, 3.8) is 0 Å². The minimum absolute atomic E-state index is 0.0177. The fraction of sp³-hybridized carbons (Fsp3) is 0.379. The van der Waals surface area contributed by atoms with Gasteiger partial charge in [-0.3, -0.25) is 14.5 Å². The van der Waals surface area contributed by atoms with Gasteiger partial charge in [-0.15, -0.1) is 0 Å². The zero-order valence-electron chi connectivity index (χ0n) is 22.2. The van der Waals surface area contributed by atoms with E-state index < -0.39 is 18.4 Å². The first-order valence-electron chi connectivity index (χ1n) is 13.0. The first kappa shape index (κ1) is 29.1. The number of aryl methyl sites for hydroxylation is 2. The summed E-state index contributed by atoms with van der Waals surface area (Å²) in [6.07, 6.45) is 1.71. The summed E-state index contributed by atoms with van der Waals surface area (Å²) in [6.45, 7) is 1.58. The number of rotatable bonds is 6. The van der Waals surface area contributed by atoms with E-state index in [4.69, 9.17) is 0 Å². The highest BCUT2D eigenvalue weighted by Gasteiger charge is 2.26. The summed E-state index contributed by atoms with van der Waals surface area (Å²) in [7, 11) is 1.41. The summed E-state index contributed by atoms with van der Waals surface area (Å²) in [5, 5.41) is 8.21. The lowest BCUT2D eigenvalue weighted by Crippen LogP contribution is -2.30. The maximum atomic E-state index is 13.7. The van der Waals surface area contributed by atoms with Crippen molar-refractivity contribution in [3.8, 4) is 11.3 Å². The molecule has 0 N–H and O–H groups in total. The van der Waals surface area contributed by atoms with Gasteiger partial charge >= 0.3 is 0 Å². The molecule has 6 nitrogen and oxygen atoms in total. The molecule has 5 rings (SSSR count). The van der Waals surface area contributed by atoms with Crippen LogP contribution in [0.15, 0.2) is 59.7 Å². The molecule has 0 radical (unpaired) electrons. The highest BCUT2D eigenvalue weighted by molar-refractivity contribution is 5.62. The molecule has 0 unspecified atom stereocenters. The van der Waals surface area contributed by atoms with E-state index in [0.29, 0.717) is 5.56 Å². The lowest BCUT2D eigenvalue weighted by atomic mass is 9.84. The molecular formula is C29H30F5N5O. The van der Waals surface area contributed by atoms with E-state index in [1.807, 2.05) is 13.0 Å². The second-order valence-electron chi connectivity index (χ2n) is 9.79. The van der Waals surface area contributed by atoms with Gasteiger partial charge in [0.05, 0.1) is 24.1 Å². The normalized spacial score (nSPS) is 13.9. The summed E-state index contributed by atoms with van der Waals surface area (Å²) < 4.78 is 68.6. The molecule has 11 heteroatoms. The average molecular weight is 560 g/mol. The number of hydrogen-bond acceptors (Lipinski definition) is 4. The maximum Gasteiger partial charge on any atom is 0.280 e. The zero-order chi connectivity index (χ0) is 28.8. The fourth-order valence-corrected chi connectivity index (χ4v) is 4.94. The van der Waals surface area contributed by atoms with Crippen molar-refractivity contribution in [2.24, 2.45) is 7.05 Å². The van der Waals surface area contributed by atoms with Crippen molar-refractivity contribution >= 4 is 0 Å². The highest BCUT2D eigenvalue weighted by Crippen LogP contribution is 2.34. The molecule has 1 aliphatic rings. The predicted molar refractivity (Wildman–Crippen MR) is 141 cm³/mol. The Balaban J connectivity index is 0.000000398. The molecule has 0 spiro atoms. The summed E-state index contributed by atoms with van der Waals surface area (Å²) in [5.41, 5.74) is 0.715. The molecule has 1 aromatic carbocycles. The summed E-state index contributed by atoms with van der Waals surface area (Å²) in [5.74, 6) is -0.195. The maximum absolute atomic E-state index is 13.7. The standard InChI is InChI=1S/C22H23F4N5O.C7H7F/c1-30-19(21(25)26)16(11-28-30)17-10-15(13-6-3-2-4-7-13)22(32)31(29-17)12-18-14(20(23)24)8-5-9-27-18;1-6-3-2-4-7(8)5-6/h5,8-11,13,20-21H,2-4,6-7,12H2,1H3;2-5H,1H3. The number of hydrogen-bond donors (Lipinski definition) is 0. The molecule has 0 bridgehead atoms. The van der Waals surface area contributed by atoms with E-state index in [9.17, 15) is 26.7 Å². The molecule has 3 heterocycles. The summed E-state index contributed by atoms with van der Waals surface area (Å²) in [6, 6.07) is 10.7. The SMILES string of the molecule is Cc1cccc(F)c1.Cn1ncc(-c2cc(C3CCCCC3)c(=O)n(Cc3ncccc3C(F)F)n2)c1C(F)F. The third-order valence-corrected chi connectivity index (χ3v) is 6.95. The van der Waals surface area contributed by atoms with Gasteiger partial charge in [0.2, 0.25) is 0 Å². The van der Waals surface area contributed by atoms with Gasteiger partial charge in [0.1, 0.15) is 11.5 Å². The van der Waals surface area contributed by atoms with E-state index in [0.717, 1.165) is 47.0 Å². The Bertz CT molecular complexity index is 1480. The number of aromatic nitrogens is 5. The number of nitrogens with zero attached hydrogens (tertiary/aromatic N) is 5. The monoisotopic (exact) mass is 559 g/mol. The Labute approximate surface area is 228 Å². The second kappa shape index (κ2) is 13.0. The van der Waals surface area contributed by atoms with Gasteiger partial charge in [-0.05, 0) is 61.6 Å². The average Bonchev–Trinajstić information content (AvgIpc) is 3.32. The molecule has 40 heavy (non-hydrogen) atoms. The van der Waals surface area contributed by atoms with E-state index in [1.54, 1.807) is 12.1 Å². The van der Waals surface area contributed by atoms with Crippen LogP contribution in [0.5, 0.6) is 0 Å². The summed E-state index contributed by atoms with van der Waals surface area (Å²) >= 11 is 0. The van der Waals surface area contributed by atoms with Gasteiger partial charge in [-0.1, -0.05) is 31.4 Å². The number of alkyl halides is 4. The van der Waals surface area contributed by atoms with Crippen molar-refractivity contribution < 1.29 is 22.0 Å². The van der Waals surface area contributed by atoms with Crippen LogP contribution in [-0.2, 0) is 13.6 Å². The zero-order valence-corrected chi connectivity index (χ0v) is 22.2. The molecule has 212 valence electrons. The van der Waals surface area contributed by atoms with Gasteiger partial charge in [0, 0.05) is 29.9 Å². The number of pyridine rings is 1. The molecule has 0 atom stereocenters. The Kier molecular flexibility index (Phi) is 9.44. The van der Waals surface area contributed by atoms with Crippen LogP contribution in [0.2, 0.25) is 0 Å². The van der Waals surface area contributed by atoms with E-state index in [2.05, 4.69) is 15.2 Å². The number of halogens is 5. The summed E-state index contributed by atoms with van der Waals surface area (Å²) in [4.78, 5) is 17.3. The van der Waals surface area contributed by atoms with Crippen molar-refractivity contribution in [2.45, 2.75) is 64.3 Å². The van der Waals surface area contributed by atoms with E-state index in [1.165, 1.54) is 43.7 Å². The van der Waals surface area contributed by atoms with Gasteiger partial charge in [-0.25, -0.2) is 26.6 Å². The molecule has 1 fully saturated rings. The molecule has 1 aliphatic carbocycles. The van der Waals surface area contributed by atoms with E-state index in [-0.39, 0.29) is 46.5 Å². The van der Waals surface area contributed by atoms with Crippen LogP contribution in [-0.4, -0.2) is 24.5 Å². The topological polar surface area (TPSA) is 65.6 Å². The predicted octanol–water partition coefficient (Wildman–Crippen LogP) is 7.14. The fourth-order valence-electron chi connectivity index (χ4n) is 4.94. The van der Waals surface area contributed by atoms with Crippen LogP contribution in [0.25, 0.3) is 11.3 Å². The Morgan fingerprint density at radius 3 is 2.38 bits per heavy atom. The minimum atomic E-state index is -2.79. The first-order valence-corrected chi connectivity index (χ1v) is 13.0. The van der Waals surface area contributed by atoms with Crippen LogP contribution in [0.3, 0.4) is 0 Å². The van der Waals surface area contributed by atoms with Gasteiger partial charge in [-0.2, -0.15) is 10.2 Å². The lowest BCUT2D eigenvalue weighted by Gasteiger charge is -2.22. The molecule has 1 saturated carbocycles. The third kappa shape index (κ3) is 6.81. The Morgan fingerprint density at radius 2 is 1.75 bits per heavy atom. The van der Waals surface area contributed by atoms with Crippen molar-refractivity contribution in [3.05, 3.63) is 99.1 Å². The van der Waals surface area contributed by atoms with Crippen LogP contribution in [0, 0.1) is 12.7 Å². The van der Waals surface area contributed by atoms with Crippen molar-refractivity contribution in [1.82, 2.24) is 24.5 Å².